The lowest BCUT2D eigenvalue weighted by molar-refractivity contribution is 0.263. The molecule has 0 saturated carbocycles. The minimum atomic E-state index is -0.556. The van der Waals surface area contributed by atoms with Crippen LogP contribution in [0.1, 0.15) is 19.4 Å². The van der Waals surface area contributed by atoms with Crippen molar-refractivity contribution in [2.75, 3.05) is 13.2 Å². The maximum absolute atomic E-state index is 14.4. The third kappa shape index (κ3) is 2.26. The van der Waals surface area contributed by atoms with Gasteiger partial charge in [-0.1, -0.05) is 0 Å². The second-order valence-electron chi connectivity index (χ2n) is 4.81. The highest BCUT2D eigenvalue weighted by Crippen LogP contribution is 2.44. The van der Waals surface area contributed by atoms with E-state index in [1.165, 1.54) is 6.07 Å². The topological polar surface area (TPSA) is 27.7 Å². The summed E-state index contributed by atoms with van der Waals surface area (Å²) >= 11 is 0. The Hall–Kier alpha value is -2.30. The number of hydrogen-bond acceptors (Lipinski definition) is 3. The summed E-state index contributed by atoms with van der Waals surface area (Å²) in [6.45, 7) is 4.26. The Morgan fingerprint density at radius 3 is 2.14 bits per heavy atom. The molecule has 0 N–H and O–H groups in total. The molecule has 0 atom stereocenters. The molecule has 2 aromatic rings. The van der Waals surface area contributed by atoms with E-state index in [1.807, 2.05) is 0 Å². The Kier molecular flexibility index (Phi) is 3.88. The molecule has 1 heterocycles. The van der Waals surface area contributed by atoms with Crippen molar-refractivity contribution in [3.8, 4) is 28.4 Å². The molecule has 1 aliphatic rings. The fraction of sp³-hybridized carbons (Fsp3) is 0.294. The highest BCUT2D eigenvalue weighted by atomic mass is 19.1. The minimum Gasteiger partial charge on any atom is -0.491 e. The van der Waals surface area contributed by atoms with Crippen LogP contribution in [0.3, 0.4) is 0 Å². The predicted octanol–water partition coefficient (Wildman–Crippen LogP) is 4.32. The number of hydrogen-bond donors (Lipinski definition) is 0. The van der Waals surface area contributed by atoms with Gasteiger partial charge in [0.25, 0.3) is 0 Å². The minimum absolute atomic E-state index is 0.0401. The van der Waals surface area contributed by atoms with Crippen LogP contribution < -0.4 is 14.2 Å². The van der Waals surface area contributed by atoms with Crippen LogP contribution in [0.15, 0.2) is 24.3 Å². The quantitative estimate of drug-likeness (QED) is 0.842. The van der Waals surface area contributed by atoms with Crippen LogP contribution in [0.5, 0.6) is 17.2 Å². The lowest BCUT2D eigenvalue weighted by atomic mass is 9.96. The zero-order valence-electron chi connectivity index (χ0n) is 12.4. The van der Waals surface area contributed by atoms with Gasteiger partial charge in [-0.25, -0.2) is 4.39 Å². The average Bonchev–Trinajstić information content (AvgIpc) is 2.53. The fourth-order valence-electron chi connectivity index (χ4n) is 2.56. The summed E-state index contributed by atoms with van der Waals surface area (Å²) in [5.74, 6) is -0.601. The van der Waals surface area contributed by atoms with Crippen LogP contribution >= 0.6 is 0 Å². The summed E-state index contributed by atoms with van der Waals surface area (Å²) in [6.07, 6.45) is 0. The molecular formula is C17H16F2O3. The lowest BCUT2D eigenvalue weighted by Crippen LogP contribution is -2.11. The summed E-state index contributed by atoms with van der Waals surface area (Å²) in [6, 6.07) is 6.50. The SMILES string of the molecule is CCOc1ccc2c(c1F)COc1c-2ccc(OCC)c1F. The second kappa shape index (κ2) is 5.83. The molecule has 0 saturated heterocycles. The molecule has 0 bridgehead atoms. The first-order valence-electron chi connectivity index (χ1n) is 7.20. The second-order valence-corrected chi connectivity index (χ2v) is 4.81. The summed E-state index contributed by atoms with van der Waals surface area (Å²) in [5, 5.41) is 0. The van der Waals surface area contributed by atoms with E-state index in [0.717, 1.165) is 0 Å². The van der Waals surface area contributed by atoms with Crippen LogP contribution in [0.4, 0.5) is 8.78 Å². The largest absolute Gasteiger partial charge is 0.491 e. The number of benzene rings is 2. The molecule has 0 fully saturated rings. The molecule has 0 radical (unpaired) electrons. The van der Waals surface area contributed by atoms with Crippen LogP contribution in [-0.4, -0.2) is 13.2 Å². The molecule has 1 aliphatic heterocycles. The van der Waals surface area contributed by atoms with E-state index < -0.39 is 11.6 Å². The molecule has 0 amide bonds. The molecule has 0 spiro atoms. The van der Waals surface area contributed by atoms with Crippen LogP contribution in [0.25, 0.3) is 11.1 Å². The molecule has 3 nitrogen and oxygen atoms in total. The first kappa shape index (κ1) is 14.6. The van der Waals surface area contributed by atoms with Crippen molar-refractivity contribution in [2.45, 2.75) is 20.5 Å². The van der Waals surface area contributed by atoms with Crippen LogP contribution in [-0.2, 0) is 6.61 Å². The summed E-state index contributed by atoms with van der Waals surface area (Å²) in [7, 11) is 0. The molecule has 2 aromatic carbocycles. The van der Waals surface area contributed by atoms with E-state index >= 15 is 0 Å². The highest BCUT2D eigenvalue weighted by Gasteiger charge is 2.26. The molecular weight excluding hydrogens is 290 g/mol. The summed E-state index contributed by atoms with van der Waals surface area (Å²) in [5.41, 5.74) is 1.51. The van der Waals surface area contributed by atoms with Crippen molar-refractivity contribution in [3.63, 3.8) is 0 Å². The lowest BCUT2D eigenvalue weighted by Gasteiger charge is -2.23. The molecule has 116 valence electrons. The van der Waals surface area contributed by atoms with E-state index in [0.29, 0.717) is 29.9 Å². The summed E-state index contributed by atoms with van der Waals surface area (Å²) < 4.78 is 44.7. The molecule has 0 aliphatic carbocycles. The van der Waals surface area contributed by atoms with Gasteiger partial charge < -0.3 is 14.2 Å². The maximum atomic E-state index is 14.4. The van der Waals surface area contributed by atoms with Crippen molar-refractivity contribution in [1.82, 2.24) is 0 Å². The van der Waals surface area contributed by atoms with E-state index in [4.69, 9.17) is 14.2 Å². The van der Waals surface area contributed by atoms with E-state index in [-0.39, 0.29) is 23.9 Å². The van der Waals surface area contributed by atoms with Crippen molar-refractivity contribution in [2.24, 2.45) is 0 Å². The van der Waals surface area contributed by atoms with Crippen molar-refractivity contribution in [3.05, 3.63) is 41.5 Å². The van der Waals surface area contributed by atoms with E-state index in [1.54, 1.807) is 32.0 Å². The molecule has 5 heteroatoms. The predicted molar refractivity (Wildman–Crippen MR) is 78.5 cm³/mol. The van der Waals surface area contributed by atoms with Gasteiger partial charge in [0.15, 0.2) is 23.1 Å². The Morgan fingerprint density at radius 2 is 1.50 bits per heavy atom. The van der Waals surface area contributed by atoms with Gasteiger partial charge in [-0.05, 0) is 43.7 Å². The Morgan fingerprint density at radius 1 is 0.909 bits per heavy atom. The molecule has 22 heavy (non-hydrogen) atoms. The Labute approximate surface area is 127 Å². The maximum Gasteiger partial charge on any atom is 0.207 e. The monoisotopic (exact) mass is 306 g/mol. The highest BCUT2D eigenvalue weighted by molar-refractivity contribution is 5.77. The third-order valence-corrected chi connectivity index (χ3v) is 3.52. The van der Waals surface area contributed by atoms with Crippen LogP contribution in [0.2, 0.25) is 0 Å². The average molecular weight is 306 g/mol. The molecule has 0 aromatic heterocycles. The van der Waals surface area contributed by atoms with Gasteiger partial charge >= 0.3 is 0 Å². The fourth-order valence-corrected chi connectivity index (χ4v) is 2.56. The number of halogens is 2. The number of rotatable bonds is 4. The standard InChI is InChI=1S/C17H16F2O3/c1-3-20-13-7-5-10-11-6-8-14(21-4-2)16(19)17(11)22-9-12(10)15(13)18/h5-8H,3-4,9H2,1-2H3. The van der Waals surface area contributed by atoms with Gasteiger partial charge in [-0.3, -0.25) is 0 Å². The zero-order chi connectivity index (χ0) is 15.7. The zero-order valence-corrected chi connectivity index (χ0v) is 12.4. The van der Waals surface area contributed by atoms with Gasteiger partial charge in [-0.15, -0.1) is 0 Å². The summed E-state index contributed by atoms with van der Waals surface area (Å²) in [4.78, 5) is 0. The smallest absolute Gasteiger partial charge is 0.207 e. The normalized spacial score (nSPS) is 12.2. The van der Waals surface area contributed by atoms with Gasteiger partial charge in [-0.2, -0.15) is 4.39 Å². The van der Waals surface area contributed by atoms with Crippen molar-refractivity contribution >= 4 is 0 Å². The van der Waals surface area contributed by atoms with Gasteiger partial charge in [0, 0.05) is 11.1 Å². The van der Waals surface area contributed by atoms with Crippen molar-refractivity contribution in [1.29, 1.82) is 0 Å². The number of fused-ring (bicyclic) bond motifs is 3. The molecule has 0 unspecified atom stereocenters. The Bertz CT molecular complexity index is 652. The van der Waals surface area contributed by atoms with Gasteiger partial charge in [0.1, 0.15) is 6.61 Å². The first-order chi connectivity index (χ1) is 10.7. The van der Waals surface area contributed by atoms with E-state index in [2.05, 4.69) is 0 Å². The van der Waals surface area contributed by atoms with Crippen molar-refractivity contribution < 1.29 is 23.0 Å². The number of ether oxygens (including phenoxy) is 3. The van der Waals surface area contributed by atoms with Crippen LogP contribution in [0, 0.1) is 11.6 Å². The third-order valence-electron chi connectivity index (χ3n) is 3.52. The van der Waals surface area contributed by atoms with Gasteiger partial charge in [0.2, 0.25) is 5.82 Å². The first-order valence-corrected chi connectivity index (χ1v) is 7.20. The van der Waals surface area contributed by atoms with Gasteiger partial charge in [0.05, 0.1) is 13.2 Å². The Balaban J connectivity index is 2.11. The van der Waals surface area contributed by atoms with E-state index in [9.17, 15) is 8.78 Å². The molecule has 3 rings (SSSR count).